The number of rotatable bonds is 11. The average Bonchev–Trinajstić information content (AvgIpc) is 3.40. The van der Waals surface area contributed by atoms with Gasteiger partial charge in [0.15, 0.2) is 0 Å². The van der Waals surface area contributed by atoms with Crippen LogP contribution in [-0.4, -0.2) is 59.6 Å². The number of anilines is 2. The van der Waals surface area contributed by atoms with Gasteiger partial charge in [-0.1, -0.05) is 36.9 Å². The maximum Gasteiger partial charge on any atom is 0.323 e. The van der Waals surface area contributed by atoms with E-state index >= 15 is 0 Å². The number of nitrogens with zero attached hydrogens (tertiary/aromatic N) is 3. The summed E-state index contributed by atoms with van der Waals surface area (Å²) < 4.78 is 11.0. The van der Waals surface area contributed by atoms with Crippen molar-refractivity contribution in [2.24, 2.45) is 0 Å². The quantitative estimate of drug-likeness (QED) is 0.226. The van der Waals surface area contributed by atoms with Crippen LogP contribution < -0.4 is 15.4 Å². The summed E-state index contributed by atoms with van der Waals surface area (Å²) in [5, 5.41) is 7.05. The van der Waals surface area contributed by atoms with E-state index in [4.69, 9.17) is 9.47 Å². The highest BCUT2D eigenvalue weighted by atomic mass is 16.5. The molecule has 2 heterocycles. The summed E-state index contributed by atoms with van der Waals surface area (Å²) in [6, 6.07) is 13.5. The van der Waals surface area contributed by atoms with Crippen LogP contribution in [0.15, 0.2) is 61.4 Å². The minimum atomic E-state index is -0.341. The number of aromatic nitrogens is 2. The van der Waals surface area contributed by atoms with Crippen LogP contribution in [0, 0.1) is 0 Å². The second kappa shape index (κ2) is 12.3. The number of hydrogen-bond acceptors (Lipinski definition) is 8. The largest absolute Gasteiger partial charge is 0.491 e. The first kappa shape index (κ1) is 26.1. The highest BCUT2D eigenvalue weighted by Gasteiger charge is 2.30. The molecule has 9 heteroatoms. The molecule has 1 amide bonds. The zero-order valence-corrected chi connectivity index (χ0v) is 21.3. The third-order valence-corrected chi connectivity index (χ3v) is 6.52. The van der Waals surface area contributed by atoms with Gasteiger partial charge in [-0.05, 0) is 50.4 Å². The fourth-order valence-corrected chi connectivity index (χ4v) is 4.58. The van der Waals surface area contributed by atoms with Crippen LogP contribution >= 0.6 is 0 Å². The van der Waals surface area contributed by atoms with Crippen molar-refractivity contribution in [3.63, 3.8) is 0 Å². The molecule has 0 bridgehead atoms. The second-order valence-electron chi connectivity index (χ2n) is 8.98. The second-order valence-corrected chi connectivity index (χ2v) is 8.98. The molecule has 2 aromatic carbocycles. The monoisotopic (exact) mass is 503 g/mol. The van der Waals surface area contributed by atoms with Crippen molar-refractivity contribution in [1.82, 2.24) is 14.9 Å². The minimum absolute atomic E-state index is 0.0147. The number of fused-ring (bicyclic) bond motifs is 1. The molecule has 0 unspecified atom stereocenters. The third kappa shape index (κ3) is 6.42. The van der Waals surface area contributed by atoms with E-state index in [1.807, 2.05) is 24.3 Å². The summed E-state index contributed by atoms with van der Waals surface area (Å²) in [6.45, 7) is 7.61. The standard InChI is InChI=1S/C28H33N5O4/c1-4-26(34)32-23-16-21-22(29-18-30-27(21)31-19(2)20-10-6-5-7-11-20)17-25(23)37-15-9-14-33-13-8-12-24(33)28(35)36-3/h4-7,10-11,16-19,24H,1,8-9,12-15H2,2-3H3,(H,32,34)(H,29,30,31)/t19-,24-/m1/s1. The van der Waals surface area contributed by atoms with E-state index in [1.54, 1.807) is 6.07 Å². The molecule has 3 aromatic rings. The Balaban J connectivity index is 1.51. The van der Waals surface area contributed by atoms with Crippen LogP contribution in [0.4, 0.5) is 11.5 Å². The number of carbonyl (C=O) groups excluding carboxylic acids is 2. The Hall–Kier alpha value is -3.98. The van der Waals surface area contributed by atoms with Gasteiger partial charge in [0.1, 0.15) is 23.9 Å². The Kier molecular flexibility index (Phi) is 8.68. The van der Waals surface area contributed by atoms with E-state index in [9.17, 15) is 9.59 Å². The maximum atomic E-state index is 12.2. The Bertz CT molecular complexity index is 1250. The highest BCUT2D eigenvalue weighted by Crippen LogP contribution is 2.33. The lowest BCUT2D eigenvalue weighted by Gasteiger charge is -2.22. The molecule has 1 aromatic heterocycles. The molecule has 1 saturated heterocycles. The first-order valence-electron chi connectivity index (χ1n) is 12.5. The maximum absolute atomic E-state index is 12.2. The summed E-state index contributed by atoms with van der Waals surface area (Å²) in [6.07, 6.45) is 5.23. The molecule has 2 atom stereocenters. The number of ether oxygens (including phenoxy) is 2. The lowest BCUT2D eigenvalue weighted by molar-refractivity contribution is -0.145. The van der Waals surface area contributed by atoms with Gasteiger partial charge in [0.2, 0.25) is 5.91 Å². The number of carbonyl (C=O) groups is 2. The van der Waals surface area contributed by atoms with E-state index in [0.717, 1.165) is 36.9 Å². The van der Waals surface area contributed by atoms with Crippen LogP contribution in [0.2, 0.25) is 0 Å². The number of methoxy groups -OCH3 is 1. The summed E-state index contributed by atoms with van der Waals surface area (Å²) in [5.74, 6) is 0.638. The number of nitrogens with one attached hydrogen (secondary N) is 2. The van der Waals surface area contributed by atoms with E-state index < -0.39 is 0 Å². The van der Waals surface area contributed by atoms with E-state index in [2.05, 4.69) is 51.1 Å². The molecule has 2 N–H and O–H groups in total. The Morgan fingerprint density at radius 1 is 1.24 bits per heavy atom. The van der Waals surface area contributed by atoms with Gasteiger partial charge in [-0.25, -0.2) is 9.97 Å². The van der Waals surface area contributed by atoms with Crippen molar-refractivity contribution in [2.75, 3.05) is 37.4 Å². The average molecular weight is 504 g/mol. The summed E-state index contributed by atoms with van der Waals surface area (Å²) in [5.41, 5.74) is 2.33. The summed E-state index contributed by atoms with van der Waals surface area (Å²) in [7, 11) is 1.42. The predicted octanol–water partition coefficient (Wildman–Crippen LogP) is 4.33. The molecule has 4 rings (SSSR count). The Morgan fingerprint density at radius 2 is 2.05 bits per heavy atom. The minimum Gasteiger partial charge on any atom is -0.491 e. The van der Waals surface area contributed by atoms with Crippen molar-refractivity contribution in [3.8, 4) is 5.75 Å². The van der Waals surface area contributed by atoms with E-state index in [-0.39, 0.29) is 24.0 Å². The summed E-state index contributed by atoms with van der Waals surface area (Å²) in [4.78, 5) is 35.2. The molecule has 1 aliphatic heterocycles. The van der Waals surface area contributed by atoms with Crippen molar-refractivity contribution < 1.29 is 19.1 Å². The fraction of sp³-hybridized carbons (Fsp3) is 0.357. The zero-order valence-electron chi connectivity index (χ0n) is 21.3. The first-order valence-corrected chi connectivity index (χ1v) is 12.5. The molecule has 37 heavy (non-hydrogen) atoms. The molecule has 1 fully saturated rings. The molecule has 1 aliphatic rings. The van der Waals surface area contributed by atoms with Gasteiger partial charge in [-0.2, -0.15) is 0 Å². The number of amides is 1. The van der Waals surface area contributed by atoms with Crippen LogP contribution in [0.3, 0.4) is 0 Å². The summed E-state index contributed by atoms with van der Waals surface area (Å²) >= 11 is 0. The van der Waals surface area contributed by atoms with Gasteiger partial charge in [-0.15, -0.1) is 0 Å². The SMILES string of the molecule is C=CC(=O)Nc1cc2c(N[C@H](C)c3ccccc3)ncnc2cc1OCCCN1CCC[C@@H]1C(=O)OC. The molecule has 0 saturated carbocycles. The van der Waals surface area contributed by atoms with Crippen molar-refractivity contribution in [3.05, 3.63) is 67.0 Å². The zero-order chi connectivity index (χ0) is 26.2. The van der Waals surface area contributed by atoms with Crippen LogP contribution in [-0.2, 0) is 14.3 Å². The third-order valence-electron chi connectivity index (χ3n) is 6.52. The van der Waals surface area contributed by atoms with Crippen molar-refractivity contribution in [1.29, 1.82) is 0 Å². The van der Waals surface area contributed by atoms with E-state index in [1.165, 1.54) is 19.5 Å². The molecule has 0 radical (unpaired) electrons. The molecular weight excluding hydrogens is 470 g/mol. The van der Waals surface area contributed by atoms with Gasteiger partial charge in [0.05, 0.1) is 24.9 Å². The highest BCUT2D eigenvalue weighted by molar-refractivity contribution is 6.03. The van der Waals surface area contributed by atoms with Gasteiger partial charge in [0, 0.05) is 24.0 Å². The van der Waals surface area contributed by atoms with Crippen molar-refractivity contribution >= 4 is 34.3 Å². The van der Waals surface area contributed by atoms with Gasteiger partial charge < -0.3 is 20.1 Å². The number of hydrogen-bond donors (Lipinski definition) is 2. The number of benzene rings is 2. The van der Waals surface area contributed by atoms with Crippen LogP contribution in [0.5, 0.6) is 5.75 Å². The van der Waals surface area contributed by atoms with Gasteiger partial charge in [0.25, 0.3) is 0 Å². The lowest BCUT2D eigenvalue weighted by Crippen LogP contribution is -2.37. The number of likely N-dealkylation sites (tertiary alicyclic amines) is 1. The molecule has 194 valence electrons. The molecular formula is C28H33N5O4. The van der Waals surface area contributed by atoms with E-state index in [0.29, 0.717) is 35.8 Å². The molecule has 0 aliphatic carbocycles. The normalized spacial score (nSPS) is 16.2. The number of esters is 1. The van der Waals surface area contributed by atoms with Crippen LogP contribution in [0.25, 0.3) is 10.9 Å². The smallest absolute Gasteiger partial charge is 0.323 e. The van der Waals surface area contributed by atoms with Crippen LogP contribution in [0.1, 0.15) is 37.8 Å². The van der Waals surface area contributed by atoms with Gasteiger partial charge >= 0.3 is 5.97 Å². The van der Waals surface area contributed by atoms with Gasteiger partial charge in [-0.3, -0.25) is 14.5 Å². The Labute approximate surface area is 216 Å². The predicted molar refractivity (Wildman–Crippen MR) is 144 cm³/mol. The molecule has 0 spiro atoms. The molecule has 9 nitrogen and oxygen atoms in total. The van der Waals surface area contributed by atoms with Crippen molar-refractivity contribution in [2.45, 2.75) is 38.3 Å². The Morgan fingerprint density at radius 3 is 2.81 bits per heavy atom. The fourth-order valence-electron chi connectivity index (χ4n) is 4.58. The lowest BCUT2D eigenvalue weighted by atomic mass is 10.1. The first-order chi connectivity index (χ1) is 18.0. The topological polar surface area (TPSA) is 106 Å².